The number of aryl methyl sites for hydroxylation is 1. The smallest absolute Gasteiger partial charge is 0.262 e. The molecule has 112 valence electrons. The number of nitrogens with one attached hydrogen (secondary N) is 1. The molecule has 0 heterocycles. The maximum Gasteiger partial charge on any atom is 0.262 e. The first-order valence-corrected chi connectivity index (χ1v) is 8.19. The summed E-state index contributed by atoms with van der Waals surface area (Å²) in [5, 5.41) is 0.498. The van der Waals surface area contributed by atoms with E-state index >= 15 is 0 Å². The fourth-order valence-corrected chi connectivity index (χ4v) is 3.58. The fraction of sp³-hybridized carbons (Fsp3) is 0.143. The number of hydrogen-bond donors (Lipinski definition) is 1. The summed E-state index contributed by atoms with van der Waals surface area (Å²) in [5.41, 5.74) is 1.26. The number of hydrogen-bond acceptors (Lipinski definition) is 3. The van der Waals surface area contributed by atoms with Gasteiger partial charge in [-0.15, -0.1) is 0 Å². The first-order valence-electron chi connectivity index (χ1n) is 5.95. The normalized spacial score (nSPS) is 11.2. The van der Waals surface area contributed by atoms with Crippen LogP contribution in [0.25, 0.3) is 0 Å². The minimum atomic E-state index is -3.81. The molecule has 0 radical (unpaired) electrons. The van der Waals surface area contributed by atoms with Gasteiger partial charge >= 0.3 is 0 Å². The molecule has 2 rings (SSSR count). The lowest BCUT2D eigenvalue weighted by molar-refractivity contribution is 0.417. The van der Waals surface area contributed by atoms with Crippen LogP contribution in [0.1, 0.15) is 5.56 Å². The van der Waals surface area contributed by atoms with Crippen molar-refractivity contribution in [2.24, 2.45) is 0 Å². The van der Waals surface area contributed by atoms with Crippen LogP contribution in [0.3, 0.4) is 0 Å². The van der Waals surface area contributed by atoms with Crippen LogP contribution in [0, 0.1) is 6.92 Å². The molecule has 0 saturated heterocycles. The molecule has 21 heavy (non-hydrogen) atoms. The molecule has 0 unspecified atom stereocenters. The van der Waals surface area contributed by atoms with Crippen molar-refractivity contribution in [3.05, 3.63) is 52.0 Å². The molecule has 0 atom stereocenters. The quantitative estimate of drug-likeness (QED) is 0.906. The van der Waals surface area contributed by atoms with Gasteiger partial charge in [0, 0.05) is 10.0 Å². The minimum Gasteiger partial charge on any atom is -0.495 e. The summed E-state index contributed by atoms with van der Waals surface area (Å²) in [4.78, 5) is -0.0106. The van der Waals surface area contributed by atoms with E-state index in [-0.39, 0.29) is 14.9 Å². The van der Waals surface area contributed by atoms with Gasteiger partial charge in [0.1, 0.15) is 5.75 Å². The minimum absolute atomic E-state index is 0.0106. The van der Waals surface area contributed by atoms with E-state index in [0.29, 0.717) is 11.4 Å². The van der Waals surface area contributed by atoms with E-state index in [9.17, 15) is 8.42 Å². The van der Waals surface area contributed by atoms with E-state index in [0.717, 1.165) is 5.56 Å². The first-order chi connectivity index (χ1) is 9.81. The maximum absolute atomic E-state index is 12.4. The van der Waals surface area contributed by atoms with Crippen LogP contribution in [0.2, 0.25) is 10.0 Å². The second kappa shape index (κ2) is 6.13. The lowest BCUT2D eigenvalue weighted by atomic mass is 10.2. The average Bonchev–Trinajstić information content (AvgIpc) is 2.37. The van der Waals surface area contributed by atoms with Gasteiger partial charge in [0.25, 0.3) is 10.0 Å². The van der Waals surface area contributed by atoms with Crippen molar-refractivity contribution in [3.63, 3.8) is 0 Å². The Morgan fingerprint density at radius 3 is 2.24 bits per heavy atom. The van der Waals surface area contributed by atoms with Crippen LogP contribution >= 0.6 is 23.2 Å². The second-order valence-corrected chi connectivity index (χ2v) is 6.97. The van der Waals surface area contributed by atoms with Gasteiger partial charge in [0.2, 0.25) is 0 Å². The lowest BCUT2D eigenvalue weighted by Crippen LogP contribution is -2.13. The monoisotopic (exact) mass is 345 g/mol. The summed E-state index contributed by atoms with van der Waals surface area (Å²) in [6.45, 7) is 1.85. The topological polar surface area (TPSA) is 55.4 Å². The summed E-state index contributed by atoms with van der Waals surface area (Å²) in [7, 11) is -2.34. The highest BCUT2D eigenvalue weighted by molar-refractivity contribution is 7.92. The fourth-order valence-electron chi connectivity index (χ4n) is 1.79. The van der Waals surface area contributed by atoms with Crippen molar-refractivity contribution < 1.29 is 13.2 Å². The van der Waals surface area contributed by atoms with Crippen LogP contribution in [-0.2, 0) is 10.0 Å². The molecule has 1 N–H and O–H groups in total. The Bertz CT molecular complexity index is 756. The predicted octanol–water partition coefficient (Wildman–Crippen LogP) is 4.11. The number of anilines is 1. The van der Waals surface area contributed by atoms with Gasteiger partial charge in [-0.1, -0.05) is 29.3 Å². The molecule has 0 bridgehead atoms. The van der Waals surface area contributed by atoms with Gasteiger partial charge < -0.3 is 4.74 Å². The highest BCUT2D eigenvalue weighted by atomic mass is 35.5. The number of halogens is 2. The van der Waals surface area contributed by atoms with Gasteiger partial charge in [-0.2, -0.15) is 0 Å². The third-order valence-corrected chi connectivity index (χ3v) is 4.53. The first kappa shape index (κ1) is 15.9. The number of benzene rings is 2. The summed E-state index contributed by atoms with van der Waals surface area (Å²) in [6, 6.07) is 9.33. The van der Waals surface area contributed by atoms with E-state index in [1.165, 1.54) is 25.3 Å². The van der Waals surface area contributed by atoms with E-state index in [2.05, 4.69) is 4.72 Å². The van der Waals surface area contributed by atoms with Crippen LogP contribution < -0.4 is 9.46 Å². The molecular weight excluding hydrogens is 333 g/mol. The summed E-state index contributed by atoms with van der Waals surface area (Å²) < 4.78 is 32.4. The van der Waals surface area contributed by atoms with Crippen molar-refractivity contribution in [1.29, 1.82) is 0 Å². The molecule has 2 aromatic rings. The Balaban J connectivity index is 2.44. The van der Waals surface area contributed by atoms with Crippen LogP contribution in [-0.4, -0.2) is 15.5 Å². The standard InChI is InChI=1S/C14H13Cl2NO3S/c1-9-3-4-14(20-2)13(5-9)17-21(18,19)12-7-10(15)6-11(16)8-12/h3-8,17H,1-2H3. The molecule has 0 aliphatic rings. The molecular formula is C14H13Cl2NO3S. The van der Waals surface area contributed by atoms with Crippen molar-refractivity contribution in [3.8, 4) is 5.75 Å². The number of sulfonamides is 1. The number of ether oxygens (including phenoxy) is 1. The molecule has 0 fully saturated rings. The van der Waals surface area contributed by atoms with E-state index in [1.807, 2.05) is 13.0 Å². The highest BCUT2D eigenvalue weighted by Crippen LogP contribution is 2.29. The van der Waals surface area contributed by atoms with Crippen molar-refractivity contribution in [2.45, 2.75) is 11.8 Å². The van der Waals surface area contributed by atoms with Crippen molar-refractivity contribution >= 4 is 38.9 Å². The summed E-state index contributed by atoms with van der Waals surface area (Å²) in [5.74, 6) is 0.428. The zero-order valence-corrected chi connectivity index (χ0v) is 13.7. The van der Waals surface area contributed by atoms with E-state index < -0.39 is 10.0 Å². The predicted molar refractivity (Wildman–Crippen MR) is 85.0 cm³/mol. The maximum atomic E-state index is 12.4. The Morgan fingerprint density at radius 2 is 1.67 bits per heavy atom. The zero-order chi connectivity index (χ0) is 15.6. The summed E-state index contributed by atoms with van der Waals surface area (Å²) in [6.07, 6.45) is 0. The number of rotatable bonds is 4. The van der Waals surface area contributed by atoms with Crippen molar-refractivity contribution in [1.82, 2.24) is 0 Å². The highest BCUT2D eigenvalue weighted by Gasteiger charge is 2.18. The Labute approximate surface area is 133 Å². The third-order valence-electron chi connectivity index (χ3n) is 2.75. The van der Waals surface area contributed by atoms with Crippen LogP contribution in [0.5, 0.6) is 5.75 Å². The molecule has 0 spiro atoms. The molecule has 0 aromatic heterocycles. The summed E-state index contributed by atoms with van der Waals surface area (Å²) >= 11 is 11.7. The molecule has 0 aliphatic carbocycles. The molecule has 0 amide bonds. The second-order valence-electron chi connectivity index (χ2n) is 4.41. The largest absolute Gasteiger partial charge is 0.495 e. The van der Waals surface area contributed by atoms with Gasteiger partial charge in [0.15, 0.2) is 0 Å². The van der Waals surface area contributed by atoms with Crippen LogP contribution in [0.4, 0.5) is 5.69 Å². The lowest BCUT2D eigenvalue weighted by Gasteiger charge is -2.13. The zero-order valence-electron chi connectivity index (χ0n) is 11.4. The molecule has 7 heteroatoms. The average molecular weight is 346 g/mol. The van der Waals surface area contributed by atoms with Gasteiger partial charge in [0.05, 0.1) is 17.7 Å². The van der Waals surface area contributed by atoms with E-state index in [1.54, 1.807) is 12.1 Å². The third kappa shape index (κ3) is 3.81. The van der Waals surface area contributed by atoms with Gasteiger partial charge in [-0.25, -0.2) is 8.42 Å². The Hall–Kier alpha value is -1.43. The molecule has 0 aliphatic heterocycles. The Morgan fingerprint density at radius 1 is 1.05 bits per heavy atom. The Kier molecular flexibility index (Phi) is 4.66. The molecule has 0 saturated carbocycles. The van der Waals surface area contributed by atoms with Gasteiger partial charge in [-0.3, -0.25) is 4.72 Å². The van der Waals surface area contributed by atoms with E-state index in [4.69, 9.17) is 27.9 Å². The SMILES string of the molecule is COc1ccc(C)cc1NS(=O)(=O)c1cc(Cl)cc(Cl)c1. The van der Waals surface area contributed by atoms with Gasteiger partial charge in [-0.05, 0) is 42.8 Å². The number of methoxy groups -OCH3 is 1. The molecule has 2 aromatic carbocycles. The van der Waals surface area contributed by atoms with Crippen molar-refractivity contribution in [2.75, 3.05) is 11.8 Å². The molecule has 4 nitrogen and oxygen atoms in total. The van der Waals surface area contributed by atoms with Crippen LogP contribution in [0.15, 0.2) is 41.3 Å².